The minimum absolute atomic E-state index is 0.0539. The van der Waals surface area contributed by atoms with E-state index in [9.17, 15) is 8.42 Å². The Kier molecular flexibility index (Phi) is 7.29. The molecule has 0 spiro atoms. The summed E-state index contributed by atoms with van der Waals surface area (Å²) < 4.78 is 43.2. The first-order valence-electron chi connectivity index (χ1n) is 11.9. The van der Waals surface area contributed by atoms with E-state index in [0.29, 0.717) is 36.2 Å². The molecule has 10 heteroatoms. The van der Waals surface area contributed by atoms with Gasteiger partial charge < -0.3 is 19.5 Å². The quantitative estimate of drug-likeness (QED) is 0.295. The fourth-order valence-electron chi connectivity index (χ4n) is 3.95. The van der Waals surface area contributed by atoms with E-state index < -0.39 is 15.9 Å². The van der Waals surface area contributed by atoms with E-state index in [0.717, 1.165) is 32.2 Å². The zero-order valence-electron chi connectivity index (χ0n) is 20.5. The van der Waals surface area contributed by atoms with Gasteiger partial charge in [-0.05, 0) is 47.5 Å². The van der Waals surface area contributed by atoms with Crippen molar-refractivity contribution in [3.8, 4) is 17.2 Å². The Balaban J connectivity index is 1.39. The van der Waals surface area contributed by atoms with E-state index in [1.165, 1.54) is 11.3 Å². The number of rotatable bonds is 9. The normalized spacial score (nSPS) is 14.1. The van der Waals surface area contributed by atoms with E-state index >= 15 is 0 Å². The van der Waals surface area contributed by atoms with Crippen LogP contribution in [0.5, 0.6) is 17.2 Å². The highest BCUT2D eigenvalue weighted by molar-refractivity contribution is 7.91. The zero-order chi connectivity index (χ0) is 25.8. The molecule has 2 heterocycles. The van der Waals surface area contributed by atoms with Gasteiger partial charge in [0.25, 0.3) is 0 Å². The number of hydrogen-bond donors (Lipinski definition) is 1. The second kappa shape index (κ2) is 10.8. The molecule has 0 saturated heterocycles. The molecule has 0 radical (unpaired) electrons. The number of benzene rings is 3. The van der Waals surface area contributed by atoms with Gasteiger partial charge in [-0.1, -0.05) is 30.4 Å². The maximum Gasteiger partial charge on any atom is 0.183 e. The molecule has 4 aromatic rings. The van der Waals surface area contributed by atoms with Crippen LogP contribution in [0, 0.1) is 0 Å². The van der Waals surface area contributed by atoms with Crippen molar-refractivity contribution in [2.24, 2.45) is 4.99 Å². The van der Waals surface area contributed by atoms with E-state index in [1.807, 2.05) is 36.4 Å². The summed E-state index contributed by atoms with van der Waals surface area (Å²) in [5, 5.41) is 4.13. The molecule has 1 aromatic heterocycles. The van der Waals surface area contributed by atoms with Gasteiger partial charge in [-0.2, -0.15) is 0 Å². The highest BCUT2D eigenvalue weighted by Crippen LogP contribution is 2.38. The van der Waals surface area contributed by atoms with E-state index in [-0.39, 0.29) is 5.75 Å². The Morgan fingerprint density at radius 3 is 2.46 bits per heavy atom. The number of aliphatic imine (C=N–C) groups is 1. The number of ether oxygens (including phenoxy) is 3. The molecule has 1 aliphatic heterocycles. The van der Waals surface area contributed by atoms with Crippen LogP contribution in [-0.4, -0.2) is 52.2 Å². The van der Waals surface area contributed by atoms with Crippen LogP contribution in [0.2, 0.25) is 0 Å². The molecule has 192 valence electrons. The number of thiazole rings is 1. The molecule has 0 amide bonds. The Morgan fingerprint density at radius 1 is 1.08 bits per heavy atom. The number of sulfone groups is 1. The molecule has 0 saturated carbocycles. The van der Waals surface area contributed by atoms with Crippen molar-refractivity contribution in [1.82, 2.24) is 4.98 Å². The molecule has 0 fully saturated rings. The Morgan fingerprint density at radius 2 is 1.78 bits per heavy atom. The summed E-state index contributed by atoms with van der Waals surface area (Å²) in [6.45, 7) is 3.12. The molecule has 3 aromatic carbocycles. The van der Waals surface area contributed by atoms with Crippen LogP contribution in [0.4, 0.5) is 5.13 Å². The number of nitrogens with zero attached hydrogens (tertiary/aromatic N) is 2. The van der Waals surface area contributed by atoms with Crippen LogP contribution in [0.3, 0.4) is 0 Å². The molecule has 1 N–H and O–H groups in total. The first-order valence-corrected chi connectivity index (χ1v) is 14.4. The fourth-order valence-corrected chi connectivity index (χ4v) is 5.72. The van der Waals surface area contributed by atoms with Gasteiger partial charge in [0.2, 0.25) is 0 Å². The highest BCUT2D eigenvalue weighted by atomic mass is 32.2. The lowest BCUT2D eigenvalue weighted by Gasteiger charge is -2.20. The van der Waals surface area contributed by atoms with Crippen molar-refractivity contribution in [3.05, 3.63) is 71.8 Å². The lowest BCUT2D eigenvalue weighted by molar-refractivity contribution is 0.172. The summed E-state index contributed by atoms with van der Waals surface area (Å²) in [7, 11) is -1.56. The van der Waals surface area contributed by atoms with E-state index in [2.05, 4.69) is 10.3 Å². The van der Waals surface area contributed by atoms with Crippen molar-refractivity contribution < 1.29 is 22.6 Å². The molecule has 1 atom stereocenters. The van der Waals surface area contributed by atoms with E-state index in [4.69, 9.17) is 19.2 Å². The van der Waals surface area contributed by atoms with Gasteiger partial charge in [0.1, 0.15) is 25.1 Å². The van der Waals surface area contributed by atoms with Crippen LogP contribution in [0.15, 0.2) is 70.6 Å². The molecular weight excluding hydrogens is 510 g/mol. The van der Waals surface area contributed by atoms with Gasteiger partial charge in [0.15, 0.2) is 26.5 Å². The van der Waals surface area contributed by atoms with Gasteiger partial charge >= 0.3 is 0 Å². The largest absolute Gasteiger partial charge is 0.486 e. The third-order valence-electron chi connectivity index (χ3n) is 5.92. The molecule has 5 rings (SSSR count). The first-order chi connectivity index (χ1) is 17.9. The first kappa shape index (κ1) is 25.0. The van der Waals surface area contributed by atoms with Crippen molar-refractivity contribution in [3.63, 3.8) is 0 Å². The van der Waals surface area contributed by atoms with Crippen molar-refractivity contribution in [1.29, 1.82) is 0 Å². The smallest absolute Gasteiger partial charge is 0.183 e. The minimum atomic E-state index is -3.28. The molecule has 8 nitrogen and oxygen atoms in total. The summed E-state index contributed by atoms with van der Waals surface area (Å²) in [5.41, 5.74) is 2.65. The Bertz CT molecular complexity index is 1470. The summed E-state index contributed by atoms with van der Waals surface area (Å²) in [6, 6.07) is 18.4. The summed E-state index contributed by atoms with van der Waals surface area (Å²) in [4.78, 5) is 9.04. The summed E-state index contributed by atoms with van der Waals surface area (Å²) >= 11 is 1.52. The Labute approximate surface area is 219 Å². The van der Waals surface area contributed by atoms with Gasteiger partial charge in [0, 0.05) is 25.4 Å². The SMILES string of the molecule is CCS(=O)(=O)c1ccc(C(CNc2nc3cc4c(cc3s2)OCCO4)Oc2ccc(C=NC)cc2)cc1. The average Bonchev–Trinajstić information content (AvgIpc) is 3.32. The topological polar surface area (TPSA) is 99.1 Å². The molecule has 0 aliphatic carbocycles. The second-order valence-corrected chi connectivity index (χ2v) is 11.7. The summed E-state index contributed by atoms with van der Waals surface area (Å²) in [5.74, 6) is 2.18. The molecular formula is C27H27N3O5S2. The van der Waals surface area contributed by atoms with Crippen LogP contribution < -0.4 is 19.5 Å². The fraction of sp³-hybridized carbons (Fsp3) is 0.259. The summed E-state index contributed by atoms with van der Waals surface area (Å²) in [6.07, 6.45) is 1.38. The molecule has 1 unspecified atom stereocenters. The van der Waals surface area contributed by atoms with Crippen molar-refractivity contribution in [2.75, 3.05) is 37.9 Å². The van der Waals surface area contributed by atoms with Crippen molar-refractivity contribution in [2.45, 2.75) is 17.9 Å². The molecule has 37 heavy (non-hydrogen) atoms. The number of aromatic nitrogens is 1. The van der Waals surface area contributed by atoms with Gasteiger partial charge in [0.05, 0.1) is 27.4 Å². The Hall–Kier alpha value is -3.63. The standard InChI is InChI=1S/C27H27N3O5S2/c1-3-37(31,32)21-10-6-19(7-11-21)25(35-20-8-4-18(5-9-20)16-28-2)17-29-27-30-22-14-23-24(15-26(22)36-27)34-13-12-33-23/h4-11,14-16,25H,3,12-13,17H2,1-2H3,(H,29,30). The minimum Gasteiger partial charge on any atom is -0.486 e. The predicted octanol–water partition coefficient (Wildman–Crippen LogP) is 5.14. The monoisotopic (exact) mass is 537 g/mol. The lowest BCUT2D eigenvalue weighted by Crippen LogP contribution is -2.18. The maximum atomic E-state index is 12.3. The number of anilines is 1. The van der Waals surface area contributed by atoms with Gasteiger partial charge in [-0.25, -0.2) is 13.4 Å². The molecule has 0 bridgehead atoms. The number of hydrogen-bond acceptors (Lipinski definition) is 9. The van der Waals surface area contributed by atoms with Gasteiger partial charge in [-0.3, -0.25) is 4.99 Å². The highest BCUT2D eigenvalue weighted by Gasteiger charge is 2.19. The average molecular weight is 538 g/mol. The zero-order valence-corrected chi connectivity index (χ0v) is 22.1. The van der Waals surface area contributed by atoms with E-state index in [1.54, 1.807) is 44.5 Å². The molecule has 1 aliphatic rings. The van der Waals surface area contributed by atoms with Crippen LogP contribution >= 0.6 is 11.3 Å². The predicted molar refractivity (Wildman–Crippen MR) is 147 cm³/mol. The van der Waals surface area contributed by atoms with Crippen LogP contribution in [0.1, 0.15) is 24.2 Å². The van der Waals surface area contributed by atoms with Crippen LogP contribution in [-0.2, 0) is 9.84 Å². The third kappa shape index (κ3) is 5.70. The second-order valence-electron chi connectivity index (χ2n) is 8.40. The van der Waals surface area contributed by atoms with Gasteiger partial charge in [-0.15, -0.1) is 0 Å². The lowest BCUT2D eigenvalue weighted by atomic mass is 10.1. The van der Waals surface area contributed by atoms with Crippen LogP contribution in [0.25, 0.3) is 10.2 Å². The maximum absolute atomic E-state index is 12.3. The van der Waals surface area contributed by atoms with Crippen molar-refractivity contribution >= 4 is 42.7 Å². The number of fused-ring (bicyclic) bond motifs is 2. The third-order valence-corrected chi connectivity index (χ3v) is 8.65. The number of nitrogens with one attached hydrogen (secondary N) is 1.